The number of carbonyl (C=O) groups is 1. The Morgan fingerprint density at radius 3 is 2.86 bits per heavy atom. The molecule has 0 aromatic heterocycles. The first-order valence-electron chi connectivity index (χ1n) is 8.09. The number of likely N-dealkylation sites (N-methyl/N-ethyl adjacent to an activating group) is 1. The highest BCUT2D eigenvalue weighted by atomic mass is 16.5. The number of benzene rings is 1. The molecule has 1 aromatic rings. The normalized spacial score (nSPS) is 26.9. The second-order valence-corrected chi connectivity index (χ2v) is 6.18. The number of ether oxygens (including phenoxy) is 1. The predicted octanol–water partition coefficient (Wildman–Crippen LogP) is 0.880. The highest BCUT2D eigenvalue weighted by Gasteiger charge is 2.31. The summed E-state index contributed by atoms with van der Waals surface area (Å²) < 4.78 is 5.68. The molecule has 120 valence electrons. The first kappa shape index (κ1) is 15.5. The number of nitrogens with one attached hydrogen (secondary N) is 1. The lowest BCUT2D eigenvalue weighted by atomic mass is 10.0. The SMILES string of the molecule is CN1CCN(C(=O)CC2CNCCO2)C(c2ccccc2)C1. The summed E-state index contributed by atoms with van der Waals surface area (Å²) in [5, 5.41) is 3.29. The average Bonchev–Trinajstić information content (AvgIpc) is 2.56. The lowest BCUT2D eigenvalue weighted by Crippen LogP contribution is -2.51. The van der Waals surface area contributed by atoms with Crippen LogP contribution in [0.5, 0.6) is 0 Å². The molecule has 5 nitrogen and oxygen atoms in total. The van der Waals surface area contributed by atoms with Crippen molar-refractivity contribution in [2.45, 2.75) is 18.6 Å². The molecule has 0 aliphatic carbocycles. The van der Waals surface area contributed by atoms with Crippen LogP contribution in [0.1, 0.15) is 18.0 Å². The van der Waals surface area contributed by atoms with Gasteiger partial charge in [-0.05, 0) is 12.6 Å². The van der Waals surface area contributed by atoms with Crippen LogP contribution < -0.4 is 5.32 Å². The van der Waals surface area contributed by atoms with Crippen LogP contribution in [-0.2, 0) is 9.53 Å². The zero-order chi connectivity index (χ0) is 15.4. The van der Waals surface area contributed by atoms with Crippen molar-refractivity contribution in [3.8, 4) is 0 Å². The van der Waals surface area contributed by atoms with Gasteiger partial charge in [0.2, 0.25) is 5.91 Å². The third-order valence-electron chi connectivity index (χ3n) is 4.49. The molecule has 5 heteroatoms. The minimum Gasteiger partial charge on any atom is -0.375 e. The van der Waals surface area contributed by atoms with E-state index in [1.807, 2.05) is 23.1 Å². The molecular formula is C17H25N3O2. The van der Waals surface area contributed by atoms with E-state index in [0.717, 1.165) is 32.7 Å². The Bertz CT molecular complexity index is 488. The number of morpholine rings is 1. The highest BCUT2D eigenvalue weighted by Crippen LogP contribution is 2.26. The van der Waals surface area contributed by atoms with Crippen molar-refractivity contribution in [1.29, 1.82) is 0 Å². The predicted molar refractivity (Wildman–Crippen MR) is 85.6 cm³/mol. The molecule has 2 unspecified atom stereocenters. The van der Waals surface area contributed by atoms with Crippen molar-refractivity contribution in [2.75, 3.05) is 46.4 Å². The second kappa shape index (κ2) is 7.22. The number of hydrogen-bond donors (Lipinski definition) is 1. The van der Waals surface area contributed by atoms with E-state index in [4.69, 9.17) is 4.74 Å². The van der Waals surface area contributed by atoms with Gasteiger partial charge in [-0.2, -0.15) is 0 Å². The summed E-state index contributed by atoms with van der Waals surface area (Å²) in [6.45, 7) is 4.96. The van der Waals surface area contributed by atoms with E-state index in [0.29, 0.717) is 13.0 Å². The van der Waals surface area contributed by atoms with Crippen molar-refractivity contribution in [2.24, 2.45) is 0 Å². The third kappa shape index (κ3) is 3.66. The molecule has 1 amide bonds. The largest absolute Gasteiger partial charge is 0.375 e. The van der Waals surface area contributed by atoms with Crippen LogP contribution in [0.3, 0.4) is 0 Å². The first-order chi connectivity index (χ1) is 10.7. The maximum absolute atomic E-state index is 12.8. The van der Waals surface area contributed by atoms with E-state index in [-0.39, 0.29) is 18.1 Å². The molecule has 2 saturated heterocycles. The van der Waals surface area contributed by atoms with E-state index in [2.05, 4.69) is 29.4 Å². The lowest BCUT2D eigenvalue weighted by molar-refractivity contribution is -0.139. The summed E-state index contributed by atoms with van der Waals surface area (Å²) in [5.41, 5.74) is 1.21. The second-order valence-electron chi connectivity index (χ2n) is 6.18. The van der Waals surface area contributed by atoms with Crippen molar-refractivity contribution in [1.82, 2.24) is 15.1 Å². The monoisotopic (exact) mass is 303 g/mol. The third-order valence-corrected chi connectivity index (χ3v) is 4.49. The van der Waals surface area contributed by atoms with Crippen LogP contribution in [0.4, 0.5) is 0 Å². The summed E-state index contributed by atoms with van der Waals surface area (Å²) in [4.78, 5) is 17.1. The number of piperazine rings is 1. The van der Waals surface area contributed by atoms with Gasteiger partial charge in [0.05, 0.1) is 25.2 Å². The molecule has 22 heavy (non-hydrogen) atoms. The van der Waals surface area contributed by atoms with Gasteiger partial charge in [0, 0.05) is 32.7 Å². The minimum absolute atomic E-state index is 0.0114. The topological polar surface area (TPSA) is 44.8 Å². The molecule has 2 aliphatic rings. The van der Waals surface area contributed by atoms with E-state index >= 15 is 0 Å². The van der Waals surface area contributed by atoms with E-state index < -0.39 is 0 Å². The first-order valence-corrected chi connectivity index (χ1v) is 8.09. The van der Waals surface area contributed by atoms with Gasteiger partial charge < -0.3 is 19.9 Å². The number of hydrogen-bond acceptors (Lipinski definition) is 4. The van der Waals surface area contributed by atoms with Crippen LogP contribution >= 0.6 is 0 Å². The molecule has 2 aliphatic heterocycles. The van der Waals surface area contributed by atoms with Gasteiger partial charge in [0.15, 0.2) is 0 Å². The summed E-state index contributed by atoms with van der Waals surface area (Å²) in [5.74, 6) is 0.204. The zero-order valence-corrected chi connectivity index (χ0v) is 13.2. The fraction of sp³-hybridized carbons (Fsp3) is 0.588. The maximum Gasteiger partial charge on any atom is 0.225 e. The number of rotatable bonds is 3. The van der Waals surface area contributed by atoms with Crippen LogP contribution in [0, 0.1) is 0 Å². The highest BCUT2D eigenvalue weighted by molar-refractivity contribution is 5.77. The minimum atomic E-state index is 0.0114. The fourth-order valence-electron chi connectivity index (χ4n) is 3.24. The van der Waals surface area contributed by atoms with Gasteiger partial charge in [0.25, 0.3) is 0 Å². The van der Waals surface area contributed by atoms with Crippen LogP contribution in [0.15, 0.2) is 30.3 Å². The summed E-state index contributed by atoms with van der Waals surface area (Å²) in [6, 6.07) is 10.5. The zero-order valence-electron chi connectivity index (χ0n) is 13.2. The van der Waals surface area contributed by atoms with E-state index in [9.17, 15) is 4.79 Å². The van der Waals surface area contributed by atoms with Crippen LogP contribution in [-0.4, -0.2) is 68.2 Å². The quantitative estimate of drug-likeness (QED) is 0.900. The maximum atomic E-state index is 12.8. The van der Waals surface area contributed by atoms with Gasteiger partial charge in [-0.1, -0.05) is 30.3 Å². The molecule has 3 rings (SSSR count). The molecular weight excluding hydrogens is 278 g/mol. The number of carbonyl (C=O) groups excluding carboxylic acids is 1. The van der Waals surface area contributed by atoms with Crippen molar-refractivity contribution in [3.05, 3.63) is 35.9 Å². The van der Waals surface area contributed by atoms with Crippen molar-refractivity contribution in [3.63, 3.8) is 0 Å². The Balaban J connectivity index is 1.70. The van der Waals surface area contributed by atoms with Crippen LogP contribution in [0.25, 0.3) is 0 Å². The van der Waals surface area contributed by atoms with Gasteiger partial charge in [-0.25, -0.2) is 0 Å². The lowest BCUT2D eigenvalue weighted by Gasteiger charge is -2.41. The molecule has 0 bridgehead atoms. The standard InChI is InChI=1S/C17H25N3O2/c1-19-8-9-20(16(13-19)14-5-3-2-4-6-14)17(21)11-15-12-18-7-10-22-15/h2-6,15-16,18H,7-13H2,1H3. The summed E-state index contributed by atoms with van der Waals surface area (Å²) >= 11 is 0. The molecule has 1 N–H and O–H groups in total. The molecule has 1 aromatic carbocycles. The van der Waals surface area contributed by atoms with Gasteiger partial charge >= 0.3 is 0 Å². The molecule has 2 heterocycles. The van der Waals surface area contributed by atoms with Gasteiger partial charge in [-0.15, -0.1) is 0 Å². The number of amides is 1. The van der Waals surface area contributed by atoms with Crippen LogP contribution in [0.2, 0.25) is 0 Å². The van der Waals surface area contributed by atoms with Crippen molar-refractivity contribution >= 4 is 5.91 Å². The number of nitrogens with zero attached hydrogens (tertiary/aromatic N) is 2. The smallest absolute Gasteiger partial charge is 0.225 e. The Labute approximate surface area is 132 Å². The molecule has 0 spiro atoms. The van der Waals surface area contributed by atoms with Gasteiger partial charge in [0.1, 0.15) is 0 Å². The Morgan fingerprint density at radius 1 is 1.32 bits per heavy atom. The Kier molecular flexibility index (Phi) is 5.08. The molecule has 2 atom stereocenters. The van der Waals surface area contributed by atoms with E-state index in [1.54, 1.807) is 0 Å². The van der Waals surface area contributed by atoms with Gasteiger partial charge in [-0.3, -0.25) is 4.79 Å². The summed E-state index contributed by atoms with van der Waals surface area (Å²) in [7, 11) is 2.12. The molecule has 0 saturated carbocycles. The molecule has 0 radical (unpaired) electrons. The fourth-order valence-corrected chi connectivity index (χ4v) is 3.24. The Morgan fingerprint density at radius 2 is 2.14 bits per heavy atom. The molecule has 2 fully saturated rings. The average molecular weight is 303 g/mol. The summed E-state index contributed by atoms with van der Waals surface area (Å²) in [6.07, 6.45) is 0.484. The van der Waals surface area contributed by atoms with E-state index in [1.165, 1.54) is 5.56 Å². The Hall–Kier alpha value is -1.43. The van der Waals surface area contributed by atoms with Crippen molar-refractivity contribution < 1.29 is 9.53 Å².